The summed E-state index contributed by atoms with van der Waals surface area (Å²) in [7, 11) is 1.63. The zero-order valence-electron chi connectivity index (χ0n) is 19.1. The highest BCUT2D eigenvalue weighted by Crippen LogP contribution is 2.37. The topological polar surface area (TPSA) is 114 Å². The van der Waals surface area contributed by atoms with Gasteiger partial charge in [0.15, 0.2) is 0 Å². The number of rotatable bonds is 8. The lowest BCUT2D eigenvalue weighted by atomic mass is 10.0. The van der Waals surface area contributed by atoms with Crippen LogP contribution in [-0.2, 0) is 6.54 Å². The molecule has 4 aromatic rings. The monoisotopic (exact) mass is 492 g/mol. The van der Waals surface area contributed by atoms with Crippen molar-refractivity contribution in [3.8, 4) is 34.2 Å². The Hall–Kier alpha value is -4.01. The third-order valence-corrected chi connectivity index (χ3v) is 5.77. The summed E-state index contributed by atoms with van der Waals surface area (Å²) in [5.74, 6) is -0.325. The summed E-state index contributed by atoms with van der Waals surface area (Å²) in [5, 5.41) is 25.9. The second-order valence-corrected chi connectivity index (χ2v) is 8.28. The Kier molecular flexibility index (Phi) is 7.24. The van der Waals surface area contributed by atoms with E-state index >= 15 is 0 Å². The van der Waals surface area contributed by atoms with Crippen LogP contribution in [0.3, 0.4) is 0 Å². The number of aromatic hydroxyl groups is 2. The summed E-state index contributed by atoms with van der Waals surface area (Å²) >= 11 is 6.34. The van der Waals surface area contributed by atoms with E-state index in [2.05, 4.69) is 5.10 Å². The van der Waals surface area contributed by atoms with Crippen molar-refractivity contribution in [3.63, 3.8) is 0 Å². The SMILES string of the molecule is CN(Cc1ccccc1OCCN)C(=O)c1cc(-c2ccnn2-c2ccccc2Cl)c(O)cc1O. The van der Waals surface area contributed by atoms with Crippen LogP contribution in [0.5, 0.6) is 17.2 Å². The summed E-state index contributed by atoms with van der Waals surface area (Å²) < 4.78 is 7.25. The van der Waals surface area contributed by atoms with E-state index in [9.17, 15) is 15.0 Å². The van der Waals surface area contributed by atoms with Crippen LogP contribution >= 0.6 is 11.6 Å². The second kappa shape index (κ2) is 10.5. The molecule has 1 aromatic heterocycles. The maximum absolute atomic E-state index is 13.3. The minimum Gasteiger partial charge on any atom is -0.507 e. The van der Waals surface area contributed by atoms with E-state index in [4.69, 9.17) is 22.1 Å². The summed E-state index contributed by atoms with van der Waals surface area (Å²) in [6.07, 6.45) is 1.57. The van der Waals surface area contributed by atoms with Gasteiger partial charge < -0.3 is 25.6 Å². The fourth-order valence-electron chi connectivity index (χ4n) is 3.75. The summed E-state index contributed by atoms with van der Waals surface area (Å²) in [6, 6.07) is 18.8. The van der Waals surface area contributed by atoms with Gasteiger partial charge in [0.1, 0.15) is 23.9 Å². The highest BCUT2D eigenvalue weighted by atomic mass is 35.5. The van der Waals surface area contributed by atoms with E-state index in [0.29, 0.717) is 40.9 Å². The highest BCUT2D eigenvalue weighted by Gasteiger charge is 2.22. The Morgan fingerprint density at radius 1 is 1.09 bits per heavy atom. The van der Waals surface area contributed by atoms with Crippen molar-refractivity contribution in [1.29, 1.82) is 0 Å². The van der Waals surface area contributed by atoms with Gasteiger partial charge in [-0.15, -0.1) is 0 Å². The number of carbonyl (C=O) groups is 1. The first-order valence-electron chi connectivity index (χ1n) is 10.9. The molecule has 4 N–H and O–H groups in total. The summed E-state index contributed by atoms with van der Waals surface area (Å²) in [5.41, 5.74) is 7.81. The molecule has 1 heterocycles. The molecule has 0 bridgehead atoms. The number of para-hydroxylation sites is 2. The molecule has 35 heavy (non-hydrogen) atoms. The lowest BCUT2D eigenvalue weighted by molar-refractivity contribution is 0.0781. The van der Waals surface area contributed by atoms with E-state index in [1.165, 1.54) is 11.0 Å². The predicted octanol–water partition coefficient (Wildman–Crippen LogP) is 4.21. The third kappa shape index (κ3) is 5.08. The van der Waals surface area contributed by atoms with Crippen molar-refractivity contribution in [2.24, 2.45) is 5.73 Å². The molecule has 0 atom stereocenters. The number of ether oxygens (including phenoxy) is 1. The van der Waals surface area contributed by atoms with E-state index in [0.717, 1.165) is 11.6 Å². The Bertz CT molecular complexity index is 1350. The number of phenolic OH excluding ortho intramolecular Hbond substituents is 2. The van der Waals surface area contributed by atoms with E-state index < -0.39 is 5.91 Å². The van der Waals surface area contributed by atoms with Gasteiger partial charge in [-0.05, 0) is 30.3 Å². The Morgan fingerprint density at radius 3 is 2.60 bits per heavy atom. The molecule has 0 radical (unpaired) electrons. The zero-order valence-corrected chi connectivity index (χ0v) is 19.8. The highest BCUT2D eigenvalue weighted by molar-refractivity contribution is 6.32. The normalized spacial score (nSPS) is 10.8. The fourth-order valence-corrected chi connectivity index (χ4v) is 3.97. The number of phenols is 2. The minimum absolute atomic E-state index is 0.0348. The van der Waals surface area contributed by atoms with Gasteiger partial charge in [-0.1, -0.05) is 41.9 Å². The van der Waals surface area contributed by atoms with Crippen molar-refractivity contribution in [2.45, 2.75) is 6.54 Å². The molecule has 0 aliphatic rings. The van der Waals surface area contributed by atoms with Crippen molar-refractivity contribution in [3.05, 3.63) is 89.1 Å². The molecule has 9 heteroatoms. The summed E-state index contributed by atoms with van der Waals surface area (Å²) in [6.45, 7) is 0.973. The maximum atomic E-state index is 13.3. The van der Waals surface area contributed by atoms with Crippen molar-refractivity contribution in [2.75, 3.05) is 20.2 Å². The van der Waals surface area contributed by atoms with Gasteiger partial charge in [0, 0.05) is 37.3 Å². The number of hydrogen-bond acceptors (Lipinski definition) is 6. The molecule has 0 aliphatic carbocycles. The first kappa shape index (κ1) is 24.1. The van der Waals surface area contributed by atoms with Gasteiger partial charge in [0.2, 0.25) is 0 Å². The van der Waals surface area contributed by atoms with Crippen LogP contribution in [0, 0.1) is 0 Å². The maximum Gasteiger partial charge on any atom is 0.257 e. The van der Waals surface area contributed by atoms with Gasteiger partial charge in [-0.3, -0.25) is 4.79 Å². The molecule has 180 valence electrons. The Labute approximate surface area is 207 Å². The lowest BCUT2D eigenvalue weighted by Crippen LogP contribution is -2.26. The number of hydrogen-bond donors (Lipinski definition) is 3. The molecule has 0 fully saturated rings. The Morgan fingerprint density at radius 2 is 1.83 bits per heavy atom. The molecule has 0 saturated carbocycles. The molecule has 8 nitrogen and oxygen atoms in total. The minimum atomic E-state index is -0.429. The van der Waals surface area contributed by atoms with Crippen LogP contribution < -0.4 is 10.5 Å². The number of benzene rings is 3. The van der Waals surface area contributed by atoms with Gasteiger partial charge in [0.25, 0.3) is 5.91 Å². The molecule has 0 saturated heterocycles. The quantitative estimate of drug-likeness (QED) is 0.339. The molecule has 4 rings (SSSR count). The smallest absolute Gasteiger partial charge is 0.257 e. The van der Waals surface area contributed by atoms with E-state index in [-0.39, 0.29) is 23.6 Å². The van der Waals surface area contributed by atoms with Gasteiger partial charge in [-0.25, -0.2) is 4.68 Å². The molecule has 0 spiro atoms. The first-order valence-corrected chi connectivity index (χ1v) is 11.3. The largest absolute Gasteiger partial charge is 0.507 e. The van der Waals surface area contributed by atoms with Crippen molar-refractivity contribution >= 4 is 17.5 Å². The predicted molar refractivity (Wildman–Crippen MR) is 134 cm³/mol. The number of nitrogens with zero attached hydrogens (tertiary/aromatic N) is 3. The van der Waals surface area contributed by atoms with E-state index in [1.54, 1.807) is 42.2 Å². The van der Waals surface area contributed by atoms with Gasteiger partial charge in [0.05, 0.1) is 28.2 Å². The molecule has 0 aliphatic heterocycles. The van der Waals surface area contributed by atoms with Gasteiger partial charge >= 0.3 is 0 Å². The second-order valence-electron chi connectivity index (χ2n) is 7.87. The van der Waals surface area contributed by atoms with Crippen molar-refractivity contribution in [1.82, 2.24) is 14.7 Å². The first-order chi connectivity index (χ1) is 16.9. The molecule has 3 aromatic carbocycles. The number of nitrogens with two attached hydrogens (primary N) is 1. The lowest BCUT2D eigenvalue weighted by Gasteiger charge is -2.20. The molecular weight excluding hydrogens is 468 g/mol. The average Bonchev–Trinajstić information content (AvgIpc) is 3.33. The van der Waals surface area contributed by atoms with Crippen LogP contribution in [-0.4, -0.2) is 51.0 Å². The van der Waals surface area contributed by atoms with Gasteiger partial charge in [-0.2, -0.15) is 5.10 Å². The standard InChI is InChI=1S/C26H25ClN4O4/c1-30(16-17-6-2-5-9-25(17)35-13-11-28)26(34)19-14-18(23(32)15-24(19)33)21-10-12-29-31(21)22-8-4-3-7-20(22)27/h2-10,12,14-15,32-33H,11,13,16,28H2,1H3. The van der Waals surface area contributed by atoms with E-state index in [1.807, 2.05) is 30.3 Å². The zero-order chi connectivity index (χ0) is 24.9. The van der Waals surface area contributed by atoms with Crippen LogP contribution in [0.4, 0.5) is 0 Å². The Balaban J connectivity index is 1.67. The molecule has 1 amide bonds. The number of amides is 1. The number of aromatic nitrogens is 2. The van der Waals surface area contributed by atoms with Crippen LogP contribution in [0.1, 0.15) is 15.9 Å². The third-order valence-electron chi connectivity index (χ3n) is 5.45. The van der Waals surface area contributed by atoms with Crippen LogP contribution in [0.15, 0.2) is 72.9 Å². The van der Waals surface area contributed by atoms with Crippen molar-refractivity contribution < 1.29 is 19.7 Å². The molecule has 0 unspecified atom stereocenters. The van der Waals surface area contributed by atoms with Crippen LogP contribution in [0.2, 0.25) is 5.02 Å². The fraction of sp³-hybridized carbons (Fsp3) is 0.154. The average molecular weight is 493 g/mol. The number of halogens is 1. The summed E-state index contributed by atoms with van der Waals surface area (Å²) in [4.78, 5) is 14.8. The van der Waals surface area contributed by atoms with Crippen LogP contribution in [0.25, 0.3) is 16.9 Å². The molecular formula is C26H25ClN4O4. The number of carbonyl (C=O) groups excluding carboxylic acids is 1.